The highest BCUT2D eigenvalue weighted by atomic mass is 32.2. The lowest BCUT2D eigenvalue weighted by Crippen LogP contribution is -2.33. The van der Waals surface area contributed by atoms with E-state index in [1.54, 1.807) is 17.4 Å². The Morgan fingerprint density at radius 1 is 1.26 bits per heavy atom. The molecule has 1 aliphatic rings. The van der Waals surface area contributed by atoms with Crippen molar-refractivity contribution in [2.24, 2.45) is 0 Å². The summed E-state index contributed by atoms with van der Waals surface area (Å²) < 4.78 is 33.6. The van der Waals surface area contributed by atoms with E-state index in [0.717, 1.165) is 36.1 Å². The number of hydrogen-bond acceptors (Lipinski definition) is 5. The van der Waals surface area contributed by atoms with Crippen LogP contribution in [0.4, 0.5) is 0 Å². The highest BCUT2D eigenvalue weighted by Crippen LogP contribution is 2.27. The molecule has 0 aliphatic heterocycles. The molecule has 2 aromatic rings. The Labute approximate surface area is 164 Å². The van der Waals surface area contributed by atoms with Crippen LogP contribution in [0, 0.1) is 6.92 Å². The summed E-state index contributed by atoms with van der Waals surface area (Å²) in [5, 5.41) is 4.82. The van der Waals surface area contributed by atoms with Crippen molar-refractivity contribution in [3.63, 3.8) is 0 Å². The fourth-order valence-electron chi connectivity index (χ4n) is 3.20. The van der Waals surface area contributed by atoms with E-state index in [0.29, 0.717) is 6.54 Å². The fourth-order valence-corrected chi connectivity index (χ4v) is 5.55. The molecule has 1 amide bonds. The Kier molecular flexibility index (Phi) is 6.18. The van der Waals surface area contributed by atoms with Crippen LogP contribution in [0.5, 0.6) is 5.75 Å². The molecule has 27 heavy (non-hydrogen) atoms. The van der Waals surface area contributed by atoms with Crippen molar-refractivity contribution >= 4 is 27.3 Å². The highest BCUT2D eigenvalue weighted by molar-refractivity contribution is 7.89. The SMILES string of the molecule is COc1ccc(C(=O)NCc2sccc2C)cc1S(=O)(=O)NC1CCCC1. The lowest BCUT2D eigenvalue weighted by molar-refractivity contribution is 0.0951. The molecule has 0 atom stereocenters. The Balaban J connectivity index is 1.79. The molecular formula is C19H24N2O4S2. The van der Waals surface area contributed by atoms with Gasteiger partial charge in [0.2, 0.25) is 10.0 Å². The first-order valence-electron chi connectivity index (χ1n) is 8.92. The van der Waals surface area contributed by atoms with E-state index in [1.165, 1.54) is 19.2 Å². The molecule has 1 aromatic carbocycles. The maximum absolute atomic E-state index is 12.8. The predicted molar refractivity (Wildman–Crippen MR) is 106 cm³/mol. The number of aryl methyl sites for hydroxylation is 1. The van der Waals surface area contributed by atoms with Gasteiger partial charge >= 0.3 is 0 Å². The van der Waals surface area contributed by atoms with E-state index in [-0.39, 0.29) is 28.2 Å². The monoisotopic (exact) mass is 408 g/mol. The first-order valence-corrected chi connectivity index (χ1v) is 11.3. The number of ether oxygens (including phenoxy) is 1. The van der Waals surface area contributed by atoms with Crippen LogP contribution >= 0.6 is 11.3 Å². The zero-order valence-corrected chi connectivity index (χ0v) is 17.1. The van der Waals surface area contributed by atoms with Gasteiger partial charge in [0.15, 0.2) is 0 Å². The molecule has 0 spiro atoms. The Bertz CT molecular complexity index is 916. The van der Waals surface area contributed by atoms with Gasteiger partial charge in [0, 0.05) is 16.5 Å². The molecule has 3 rings (SSSR count). The minimum absolute atomic E-state index is 0.00291. The number of rotatable bonds is 7. The number of amides is 1. The number of thiophene rings is 1. The minimum Gasteiger partial charge on any atom is -0.495 e. The van der Waals surface area contributed by atoms with Gasteiger partial charge in [-0.25, -0.2) is 13.1 Å². The molecule has 1 saturated carbocycles. The second kappa shape index (κ2) is 8.41. The van der Waals surface area contributed by atoms with Gasteiger partial charge in [0.25, 0.3) is 5.91 Å². The third-order valence-corrected chi connectivity index (χ3v) is 7.33. The third-order valence-electron chi connectivity index (χ3n) is 4.77. The summed E-state index contributed by atoms with van der Waals surface area (Å²) in [5.41, 5.74) is 1.41. The van der Waals surface area contributed by atoms with Gasteiger partial charge in [-0.05, 0) is 55.0 Å². The van der Waals surface area contributed by atoms with Crippen LogP contribution in [-0.2, 0) is 16.6 Å². The van der Waals surface area contributed by atoms with Crippen molar-refractivity contribution < 1.29 is 17.9 Å². The van der Waals surface area contributed by atoms with Crippen LogP contribution in [-0.4, -0.2) is 27.5 Å². The Hall–Kier alpha value is -1.90. The summed E-state index contributed by atoms with van der Waals surface area (Å²) in [4.78, 5) is 13.6. The van der Waals surface area contributed by atoms with Crippen LogP contribution in [0.2, 0.25) is 0 Å². The summed E-state index contributed by atoms with van der Waals surface area (Å²) >= 11 is 1.58. The second-order valence-corrected chi connectivity index (χ2v) is 9.36. The van der Waals surface area contributed by atoms with Gasteiger partial charge in [0.1, 0.15) is 10.6 Å². The van der Waals surface area contributed by atoms with E-state index in [2.05, 4.69) is 10.0 Å². The molecule has 2 N–H and O–H groups in total. The number of sulfonamides is 1. The summed E-state index contributed by atoms with van der Waals surface area (Å²) in [6.07, 6.45) is 3.72. The minimum atomic E-state index is -3.76. The summed E-state index contributed by atoms with van der Waals surface area (Å²) in [6.45, 7) is 2.40. The molecule has 0 unspecified atom stereocenters. The van der Waals surface area contributed by atoms with Gasteiger partial charge in [-0.15, -0.1) is 11.3 Å². The van der Waals surface area contributed by atoms with Gasteiger partial charge < -0.3 is 10.1 Å². The van der Waals surface area contributed by atoms with Gasteiger partial charge in [0.05, 0.1) is 13.7 Å². The number of carbonyl (C=O) groups excluding carboxylic acids is 1. The average Bonchev–Trinajstić information content (AvgIpc) is 3.30. The molecule has 6 nitrogen and oxygen atoms in total. The van der Waals surface area contributed by atoms with E-state index >= 15 is 0 Å². The first-order chi connectivity index (χ1) is 12.9. The largest absolute Gasteiger partial charge is 0.495 e. The maximum Gasteiger partial charge on any atom is 0.251 e. The van der Waals surface area contributed by atoms with Crippen molar-refractivity contribution in [2.45, 2.75) is 50.1 Å². The Morgan fingerprint density at radius 3 is 2.63 bits per heavy atom. The summed E-state index contributed by atoms with van der Waals surface area (Å²) in [6, 6.07) is 6.42. The number of nitrogens with one attached hydrogen (secondary N) is 2. The molecule has 0 saturated heterocycles. The second-order valence-electron chi connectivity index (χ2n) is 6.68. The number of hydrogen-bond donors (Lipinski definition) is 2. The van der Waals surface area contributed by atoms with Crippen molar-refractivity contribution in [3.05, 3.63) is 45.6 Å². The normalized spacial score (nSPS) is 15.0. The Morgan fingerprint density at radius 2 is 2.00 bits per heavy atom. The topological polar surface area (TPSA) is 84.5 Å². The molecule has 1 heterocycles. The van der Waals surface area contributed by atoms with Crippen LogP contribution < -0.4 is 14.8 Å². The molecule has 8 heteroatoms. The fraction of sp³-hybridized carbons (Fsp3) is 0.421. The molecule has 1 fully saturated rings. The quantitative estimate of drug-likeness (QED) is 0.737. The molecule has 1 aliphatic carbocycles. The summed E-state index contributed by atoms with van der Waals surface area (Å²) in [5.74, 6) is -0.0890. The molecule has 146 valence electrons. The van der Waals surface area contributed by atoms with Crippen molar-refractivity contribution in [3.8, 4) is 5.75 Å². The van der Waals surface area contributed by atoms with E-state index in [4.69, 9.17) is 4.74 Å². The van der Waals surface area contributed by atoms with E-state index in [1.807, 2.05) is 18.4 Å². The average molecular weight is 409 g/mol. The van der Waals surface area contributed by atoms with E-state index in [9.17, 15) is 13.2 Å². The number of methoxy groups -OCH3 is 1. The maximum atomic E-state index is 12.8. The van der Waals surface area contributed by atoms with Crippen LogP contribution in [0.25, 0.3) is 0 Å². The number of carbonyl (C=O) groups is 1. The lowest BCUT2D eigenvalue weighted by Gasteiger charge is -2.15. The molecule has 1 aromatic heterocycles. The number of benzene rings is 1. The van der Waals surface area contributed by atoms with E-state index < -0.39 is 10.0 Å². The van der Waals surface area contributed by atoms with Crippen LogP contribution in [0.3, 0.4) is 0 Å². The van der Waals surface area contributed by atoms with Crippen LogP contribution in [0.1, 0.15) is 46.5 Å². The molecular weight excluding hydrogens is 384 g/mol. The molecule has 0 bridgehead atoms. The first kappa shape index (κ1) is 19.9. The van der Waals surface area contributed by atoms with Crippen molar-refractivity contribution in [1.82, 2.24) is 10.0 Å². The highest BCUT2D eigenvalue weighted by Gasteiger charge is 2.26. The van der Waals surface area contributed by atoms with Gasteiger partial charge in [-0.2, -0.15) is 0 Å². The zero-order chi connectivity index (χ0) is 19.4. The zero-order valence-electron chi connectivity index (χ0n) is 15.4. The smallest absolute Gasteiger partial charge is 0.251 e. The van der Waals surface area contributed by atoms with Crippen molar-refractivity contribution in [2.75, 3.05) is 7.11 Å². The predicted octanol–water partition coefficient (Wildman–Crippen LogP) is 3.22. The lowest BCUT2D eigenvalue weighted by atomic mass is 10.2. The third kappa shape index (κ3) is 4.69. The molecule has 0 radical (unpaired) electrons. The van der Waals surface area contributed by atoms with Gasteiger partial charge in [-0.3, -0.25) is 4.79 Å². The van der Waals surface area contributed by atoms with Crippen molar-refractivity contribution in [1.29, 1.82) is 0 Å². The standard InChI is InChI=1S/C19H24N2O4S2/c1-13-9-10-26-17(13)12-20-19(22)14-7-8-16(25-2)18(11-14)27(23,24)21-15-5-3-4-6-15/h7-11,15,21H,3-6,12H2,1-2H3,(H,20,22). The summed E-state index contributed by atoms with van der Waals surface area (Å²) in [7, 11) is -2.34. The van der Waals surface area contributed by atoms with Gasteiger partial charge in [-0.1, -0.05) is 12.8 Å². The van der Waals surface area contributed by atoms with Crippen LogP contribution in [0.15, 0.2) is 34.5 Å².